The molecule has 1 atom stereocenters. The van der Waals surface area contributed by atoms with E-state index in [2.05, 4.69) is 20.6 Å². The van der Waals surface area contributed by atoms with Gasteiger partial charge in [-0.3, -0.25) is 4.79 Å². The first-order chi connectivity index (χ1) is 13.6. The Kier molecular flexibility index (Phi) is 6.22. The second kappa shape index (κ2) is 8.99. The molecule has 1 unspecified atom stereocenters. The molecule has 0 fully saturated rings. The van der Waals surface area contributed by atoms with Crippen molar-refractivity contribution in [2.75, 3.05) is 11.9 Å². The van der Waals surface area contributed by atoms with E-state index in [-0.39, 0.29) is 11.9 Å². The summed E-state index contributed by atoms with van der Waals surface area (Å²) < 4.78 is 5.62. The first-order valence-electron chi connectivity index (χ1n) is 9.27. The molecule has 6 heteroatoms. The number of hydrogen-bond acceptors (Lipinski definition) is 5. The number of rotatable bonds is 7. The molecule has 28 heavy (non-hydrogen) atoms. The summed E-state index contributed by atoms with van der Waals surface area (Å²) in [5.74, 6) is 0.812. The zero-order chi connectivity index (χ0) is 19.9. The molecule has 0 saturated carbocycles. The maximum absolute atomic E-state index is 12.7. The van der Waals surface area contributed by atoms with Crippen LogP contribution in [0.5, 0.6) is 5.75 Å². The monoisotopic (exact) mass is 376 g/mol. The van der Waals surface area contributed by atoms with E-state index in [9.17, 15) is 4.79 Å². The lowest BCUT2D eigenvalue weighted by atomic mass is 10.1. The Balaban J connectivity index is 1.79. The number of benzene rings is 2. The standard InChI is InChI=1S/C22H24N4O2/c1-4-28-20-13-9-8-12-18(20)25-22-23-15(2)14-19(26-22)21(27)24-16(3)17-10-6-5-7-11-17/h5-14,16H,4H2,1-3H3,(H,24,27)(H,23,25,26). The lowest BCUT2D eigenvalue weighted by Crippen LogP contribution is -2.27. The average Bonchev–Trinajstić information content (AvgIpc) is 2.70. The summed E-state index contributed by atoms with van der Waals surface area (Å²) in [6, 6.07) is 18.9. The van der Waals surface area contributed by atoms with Gasteiger partial charge in [0.1, 0.15) is 11.4 Å². The van der Waals surface area contributed by atoms with Crippen molar-refractivity contribution >= 4 is 17.5 Å². The highest BCUT2D eigenvalue weighted by Gasteiger charge is 2.15. The van der Waals surface area contributed by atoms with Gasteiger partial charge in [0.15, 0.2) is 0 Å². The Bertz CT molecular complexity index is 944. The number of nitrogens with zero attached hydrogens (tertiary/aromatic N) is 2. The van der Waals surface area contributed by atoms with Crippen molar-refractivity contribution < 1.29 is 9.53 Å². The quantitative estimate of drug-likeness (QED) is 0.638. The number of carbonyl (C=O) groups is 1. The van der Waals surface area contributed by atoms with Crippen molar-refractivity contribution in [2.45, 2.75) is 26.8 Å². The maximum atomic E-state index is 12.7. The molecule has 0 bridgehead atoms. The Hall–Kier alpha value is -3.41. The molecule has 2 N–H and O–H groups in total. The van der Waals surface area contributed by atoms with E-state index in [1.807, 2.05) is 75.4 Å². The molecule has 6 nitrogen and oxygen atoms in total. The van der Waals surface area contributed by atoms with Gasteiger partial charge in [0.2, 0.25) is 5.95 Å². The SMILES string of the molecule is CCOc1ccccc1Nc1nc(C)cc(C(=O)NC(C)c2ccccc2)n1. The number of carbonyl (C=O) groups excluding carboxylic acids is 1. The Morgan fingerprint density at radius 2 is 1.79 bits per heavy atom. The summed E-state index contributed by atoms with van der Waals surface area (Å²) in [6.07, 6.45) is 0. The number of aryl methyl sites for hydroxylation is 1. The van der Waals surface area contributed by atoms with Crippen LogP contribution in [0.25, 0.3) is 0 Å². The van der Waals surface area contributed by atoms with Crippen LogP contribution in [0.1, 0.15) is 41.6 Å². The van der Waals surface area contributed by atoms with Gasteiger partial charge in [-0.15, -0.1) is 0 Å². The molecule has 3 aromatic rings. The van der Waals surface area contributed by atoms with Gasteiger partial charge >= 0.3 is 0 Å². The van der Waals surface area contributed by atoms with Crippen LogP contribution < -0.4 is 15.4 Å². The third kappa shape index (κ3) is 4.85. The number of ether oxygens (including phenoxy) is 1. The molecular weight excluding hydrogens is 352 g/mol. The van der Waals surface area contributed by atoms with Crippen LogP contribution in [0.3, 0.4) is 0 Å². The first kappa shape index (κ1) is 19.4. The molecule has 0 saturated heterocycles. The van der Waals surface area contributed by atoms with Crippen LogP contribution in [0.2, 0.25) is 0 Å². The fourth-order valence-electron chi connectivity index (χ4n) is 2.81. The summed E-state index contributed by atoms with van der Waals surface area (Å²) in [5.41, 5.74) is 2.79. The number of hydrogen-bond donors (Lipinski definition) is 2. The van der Waals surface area contributed by atoms with Gasteiger partial charge in [-0.2, -0.15) is 0 Å². The lowest BCUT2D eigenvalue weighted by Gasteiger charge is -2.15. The van der Waals surface area contributed by atoms with Gasteiger partial charge in [-0.25, -0.2) is 9.97 Å². The van der Waals surface area contributed by atoms with Crippen LogP contribution >= 0.6 is 0 Å². The third-order valence-corrected chi connectivity index (χ3v) is 4.17. The summed E-state index contributed by atoms with van der Waals surface area (Å²) in [4.78, 5) is 21.5. The summed E-state index contributed by atoms with van der Waals surface area (Å²) in [7, 11) is 0. The minimum Gasteiger partial charge on any atom is -0.492 e. The largest absolute Gasteiger partial charge is 0.492 e. The zero-order valence-corrected chi connectivity index (χ0v) is 16.3. The van der Waals surface area contributed by atoms with E-state index >= 15 is 0 Å². The van der Waals surface area contributed by atoms with Crippen molar-refractivity contribution in [1.82, 2.24) is 15.3 Å². The Morgan fingerprint density at radius 1 is 1.07 bits per heavy atom. The van der Waals surface area contributed by atoms with Crippen LogP contribution in [0.4, 0.5) is 11.6 Å². The van der Waals surface area contributed by atoms with Crippen molar-refractivity contribution in [3.63, 3.8) is 0 Å². The van der Waals surface area contributed by atoms with Crippen LogP contribution in [-0.2, 0) is 0 Å². The van der Waals surface area contributed by atoms with E-state index in [1.54, 1.807) is 6.07 Å². The summed E-state index contributed by atoms with van der Waals surface area (Å²) in [5, 5.41) is 6.13. The Labute approximate surface area is 165 Å². The number of para-hydroxylation sites is 2. The fourth-order valence-corrected chi connectivity index (χ4v) is 2.81. The predicted octanol–water partition coefficient (Wildman–Crippen LogP) is 4.42. The fraction of sp³-hybridized carbons (Fsp3) is 0.227. The molecule has 0 aliphatic rings. The van der Waals surface area contributed by atoms with E-state index < -0.39 is 0 Å². The topological polar surface area (TPSA) is 76.1 Å². The minimum atomic E-state index is -0.247. The highest BCUT2D eigenvalue weighted by molar-refractivity contribution is 5.93. The van der Waals surface area contributed by atoms with Gasteiger partial charge in [0, 0.05) is 5.69 Å². The molecular formula is C22H24N4O2. The summed E-state index contributed by atoms with van der Waals surface area (Å²) in [6.45, 7) is 6.26. The zero-order valence-electron chi connectivity index (χ0n) is 16.3. The third-order valence-electron chi connectivity index (χ3n) is 4.17. The van der Waals surface area contributed by atoms with Gasteiger partial charge in [-0.1, -0.05) is 42.5 Å². The highest BCUT2D eigenvalue weighted by Crippen LogP contribution is 2.26. The number of amides is 1. The average molecular weight is 376 g/mol. The van der Waals surface area contributed by atoms with E-state index in [0.717, 1.165) is 11.3 Å². The summed E-state index contributed by atoms with van der Waals surface area (Å²) >= 11 is 0. The molecule has 0 radical (unpaired) electrons. The highest BCUT2D eigenvalue weighted by atomic mass is 16.5. The van der Waals surface area contributed by atoms with E-state index in [1.165, 1.54) is 0 Å². The van der Waals surface area contributed by atoms with Crippen LogP contribution in [-0.4, -0.2) is 22.5 Å². The van der Waals surface area contributed by atoms with Crippen molar-refractivity contribution in [2.24, 2.45) is 0 Å². The smallest absolute Gasteiger partial charge is 0.270 e. The number of nitrogens with one attached hydrogen (secondary N) is 2. The Morgan fingerprint density at radius 3 is 2.54 bits per heavy atom. The molecule has 1 amide bonds. The van der Waals surface area contributed by atoms with Crippen molar-refractivity contribution in [3.8, 4) is 5.75 Å². The van der Waals surface area contributed by atoms with Crippen LogP contribution in [0, 0.1) is 6.92 Å². The second-order valence-corrected chi connectivity index (χ2v) is 6.38. The van der Waals surface area contributed by atoms with Crippen molar-refractivity contribution in [1.29, 1.82) is 0 Å². The number of aromatic nitrogens is 2. The first-order valence-corrected chi connectivity index (χ1v) is 9.27. The molecule has 1 heterocycles. The van der Waals surface area contributed by atoms with Gasteiger partial charge in [-0.05, 0) is 44.5 Å². The van der Waals surface area contributed by atoms with Gasteiger partial charge < -0.3 is 15.4 Å². The van der Waals surface area contributed by atoms with Gasteiger partial charge in [0.05, 0.1) is 18.3 Å². The second-order valence-electron chi connectivity index (χ2n) is 6.38. The maximum Gasteiger partial charge on any atom is 0.270 e. The molecule has 1 aromatic heterocycles. The number of anilines is 2. The van der Waals surface area contributed by atoms with Gasteiger partial charge in [0.25, 0.3) is 5.91 Å². The van der Waals surface area contributed by atoms with Crippen LogP contribution in [0.15, 0.2) is 60.7 Å². The lowest BCUT2D eigenvalue weighted by molar-refractivity contribution is 0.0934. The molecule has 0 aliphatic heterocycles. The predicted molar refractivity (Wildman–Crippen MR) is 110 cm³/mol. The molecule has 3 rings (SSSR count). The molecule has 0 aliphatic carbocycles. The van der Waals surface area contributed by atoms with E-state index in [4.69, 9.17) is 4.74 Å². The molecule has 2 aromatic carbocycles. The normalized spacial score (nSPS) is 11.5. The molecule has 0 spiro atoms. The molecule has 144 valence electrons. The van der Waals surface area contributed by atoms with Crippen molar-refractivity contribution in [3.05, 3.63) is 77.6 Å². The van der Waals surface area contributed by atoms with E-state index in [0.29, 0.717) is 29.7 Å². The minimum absolute atomic E-state index is 0.126.